The summed E-state index contributed by atoms with van der Waals surface area (Å²) in [6.45, 7) is 0.393. The van der Waals surface area contributed by atoms with Crippen molar-refractivity contribution in [2.45, 2.75) is 44.7 Å². The molecule has 2 aromatic rings. The van der Waals surface area contributed by atoms with Gasteiger partial charge in [0.1, 0.15) is 4.47 Å². The normalized spacial score (nSPS) is 16.3. The summed E-state index contributed by atoms with van der Waals surface area (Å²) in [5, 5.41) is 8.75. The smallest absolute Gasteiger partial charge is 0.269 e. The van der Waals surface area contributed by atoms with Crippen LogP contribution >= 0.6 is 31.9 Å². The van der Waals surface area contributed by atoms with Crippen LogP contribution in [0.5, 0.6) is 0 Å². The van der Waals surface area contributed by atoms with Crippen molar-refractivity contribution in [3.8, 4) is 0 Å². The maximum absolute atomic E-state index is 12.1. The highest BCUT2D eigenvalue weighted by atomic mass is 79.9. The molecule has 1 saturated carbocycles. The Morgan fingerprint density at radius 3 is 2.76 bits per heavy atom. The lowest BCUT2D eigenvalue weighted by Crippen LogP contribution is -2.24. The van der Waals surface area contributed by atoms with Crippen molar-refractivity contribution in [1.82, 2.24) is 19.6 Å². The van der Waals surface area contributed by atoms with Crippen LogP contribution in [0.15, 0.2) is 32.2 Å². The molecule has 112 valence electrons. The molecule has 1 fully saturated rings. The van der Waals surface area contributed by atoms with Crippen LogP contribution in [0.4, 0.5) is 0 Å². The van der Waals surface area contributed by atoms with E-state index in [4.69, 9.17) is 0 Å². The van der Waals surface area contributed by atoms with E-state index in [9.17, 15) is 4.79 Å². The molecule has 0 aliphatic heterocycles. The molecule has 1 aliphatic carbocycles. The Labute approximate surface area is 139 Å². The Hall–Kier alpha value is -0.950. The first kappa shape index (κ1) is 15.0. The lowest BCUT2D eigenvalue weighted by atomic mass is 9.96. The Morgan fingerprint density at radius 1 is 1.24 bits per heavy atom. The monoisotopic (exact) mass is 414 g/mol. The molecule has 1 aliphatic rings. The zero-order valence-corrected chi connectivity index (χ0v) is 14.7. The predicted molar refractivity (Wildman–Crippen MR) is 87.3 cm³/mol. The molecule has 3 rings (SSSR count). The van der Waals surface area contributed by atoms with Gasteiger partial charge in [-0.15, -0.1) is 0 Å². The average Bonchev–Trinajstić information content (AvgIpc) is 2.97. The molecular formula is C14H16Br2N4O. The summed E-state index contributed by atoms with van der Waals surface area (Å²) in [6.07, 6.45) is 9.91. The number of hydrogen-bond donors (Lipinski definition) is 0. The maximum atomic E-state index is 12.1. The van der Waals surface area contributed by atoms with E-state index in [-0.39, 0.29) is 5.56 Å². The zero-order valence-electron chi connectivity index (χ0n) is 11.5. The minimum Gasteiger partial charge on any atom is -0.269 e. The summed E-state index contributed by atoms with van der Waals surface area (Å²) < 4.78 is 4.62. The summed E-state index contributed by atoms with van der Waals surface area (Å²) in [4.78, 5) is 12.1. The number of halogens is 2. The van der Waals surface area contributed by atoms with Crippen molar-refractivity contribution in [3.63, 3.8) is 0 Å². The van der Waals surface area contributed by atoms with E-state index in [0.717, 1.165) is 5.69 Å². The molecule has 0 amide bonds. The molecule has 0 aromatic carbocycles. The Morgan fingerprint density at radius 2 is 2.00 bits per heavy atom. The standard InChI is InChI=1S/C14H16Br2N4O/c15-12-8-17-20(14(21)13(12)16)9-10-6-7-19(18-10)11-4-2-1-3-5-11/h6-8,11H,1-5,9H2. The Kier molecular flexibility index (Phi) is 4.59. The molecule has 7 heteroatoms. The third-order valence-electron chi connectivity index (χ3n) is 3.87. The van der Waals surface area contributed by atoms with Gasteiger partial charge in [0.25, 0.3) is 5.56 Å². The molecule has 2 aromatic heterocycles. The van der Waals surface area contributed by atoms with Gasteiger partial charge >= 0.3 is 0 Å². The summed E-state index contributed by atoms with van der Waals surface area (Å²) in [5.74, 6) is 0. The van der Waals surface area contributed by atoms with Gasteiger partial charge < -0.3 is 0 Å². The lowest BCUT2D eigenvalue weighted by molar-refractivity contribution is 0.327. The quantitative estimate of drug-likeness (QED) is 0.770. The molecule has 0 spiro atoms. The van der Waals surface area contributed by atoms with Gasteiger partial charge in [-0.1, -0.05) is 19.3 Å². The lowest BCUT2D eigenvalue weighted by Gasteiger charge is -2.21. The van der Waals surface area contributed by atoms with Crippen LogP contribution in [0.3, 0.4) is 0 Å². The molecule has 0 bridgehead atoms. The van der Waals surface area contributed by atoms with Crippen molar-refractivity contribution in [1.29, 1.82) is 0 Å². The molecule has 0 radical (unpaired) electrons. The molecule has 0 N–H and O–H groups in total. The molecule has 0 atom stereocenters. The number of aromatic nitrogens is 4. The SMILES string of the molecule is O=c1c(Br)c(Br)cnn1Cc1ccn(C2CCCCC2)n1. The van der Waals surface area contributed by atoms with Crippen molar-refractivity contribution in [2.75, 3.05) is 0 Å². The van der Waals surface area contributed by atoms with E-state index in [1.807, 2.05) is 16.9 Å². The zero-order chi connectivity index (χ0) is 14.8. The van der Waals surface area contributed by atoms with Crippen LogP contribution in [0.2, 0.25) is 0 Å². The van der Waals surface area contributed by atoms with Crippen LogP contribution in [-0.4, -0.2) is 19.6 Å². The van der Waals surface area contributed by atoms with Gasteiger partial charge in [0.15, 0.2) is 0 Å². The second-order valence-corrected chi connectivity index (χ2v) is 7.00. The largest absolute Gasteiger partial charge is 0.282 e. The van der Waals surface area contributed by atoms with Gasteiger partial charge in [0.05, 0.1) is 29.0 Å². The van der Waals surface area contributed by atoms with Crippen LogP contribution < -0.4 is 5.56 Å². The first-order valence-electron chi connectivity index (χ1n) is 7.10. The minimum absolute atomic E-state index is 0.156. The topological polar surface area (TPSA) is 52.7 Å². The molecule has 0 saturated heterocycles. The fourth-order valence-electron chi connectivity index (χ4n) is 2.72. The number of rotatable bonds is 3. The van der Waals surface area contributed by atoms with Gasteiger partial charge in [-0.3, -0.25) is 9.48 Å². The van der Waals surface area contributed by atoms with Crippen LogP contribution in [-0.2, 0) is 6.54 Å². The van der Waals surface area contributed by atoms with Crippen molar-refractivity contribution >= 4 is 31.9 Å². The van der Waals surface area contributed by atoms with Crippen LogP contribution in [0.25, 0.3) is 0 Å². The van der Waals surface area contributed by atoms with E-state index < -0.39 is 0 Å². The predicted octanol–water partition coefficient (Wildman–Crippen LogP) is 3.52. The van der Waals surface area contributed by atoms with Gasteiger partial charge in [0, 0.05) is 6.20 Å². The van der Waals surface area contributed by atoms with Crippen molar-refractivity contribution in [2.24, 2.45) is 0 Å². The first-order valence-corrected chi connectivity index (χ1v) is 8.69. The van der Waals surface area contributed by atoms with Crippen LogP contribution in [0, 0.1) is 0 Å². The van der Waals surface area contributed by atoms with Gasteiger partial charge in [0.2, 0.25) is 0 Å². The summed E-state index contributed by atoms with van der Waals surface area (Å²) in [7, 11) is 0. The summed E-state index contributed by atoms with van der Waals surface area (Å²) in [5.41, 5.74) is 0.709. The molecule has 21 heavy (non-hydrogen) atoms. The van der Waals surface area contributed by atoms with E-state index in [1.54, 1.807) is 6.20 Å². The van der Waals surface area contributed by atoms with E-state index >= 15 is 0 Å². The number of hydrogen-bond acceptors (Lipinski definition) is 3. The third kappa shape index (κ3) is 3.29. The summed E-state index contributed by atoms with van der Waals surface area (Å²) in [6, 6.07) is 2.48. The minimum atomic E-state index is -0.156. The average molecular weight is 416 g/mol. The fraction of sp³-hybridized carbons (Fsp3) is 0.500. The second-order valence-electron chi connectivity index (χ2n) is 5.35. The van der Waals surface area contributed by atoms with E-state index in [2.05, 4.69) is 42.1 Å². The maximum Gasteiger partial charge on any atom is 0.282 e. The van der Waals surface area contributed by atoms with Gasteiger partial charge in [-0.25, -0.2) is 4.68 Å². The van der Waals surface area contributed by atoms with Crippen molar-refractivity contribution < 1.29 is 0 Å². The highest BCUT2D eigenvalue weighted by Crippen LogP contribution is 2.27. The van der Waals surface area contributed by atoms with Crippen LogP contribution in [0.1, 0.15) is 43.8 Å². The molecule has 2 heterocycles. The highest BCUT2D eigenvalue weighted by Gasteiger charge is 2.16. The Bertz CT molecular complexity index is 689. The first-order chi connectivity index (χ1) is 10.1. The van der Waals surface area contributed by atoms with Gasteiger partial charge in [-0.2, -0.15) is 10.2 Å². The Balaban J connectivity index is 1.78. The van der Waals surface area contributed by atoms with E-state index in [0.29, 0.717) is 21.5 Å². The second kappa shape index (κ2) is 6.44. The highest BCUT2D eigenvalue weighted by molar-refractivity contribution is 9.13. The van der Waals surface area contributed by atoms with Gasteiger partial charge in [-0.05, 0) is 50.8 Å². The fourth-order valence-corrected chi connectivity index (χ4v) is 3.29. The summed E-state index contributed by atoms with van der Waals surface area (Å²) >= 11 is 6.54. The molecule has 5 nitrogen and oxygen atoms in total. The third-order valence-corrected chi connectivity index (χ3v) is 5.77. The number of nitrogens with zero attached hydrogens (tertiary/aromatic N) is 4. The molecular weight excluding hydrogens is 400 g/mol. The van der Waals surface area contributed by atoms with E-state index in [1.165, 1.54) is 36.8 Å². The van der Waals surface area contributed by atoms with Crippen molar-refractivity contribution in [3.05, 3.63) is 43.5 Å². The molecule has 0 unspecified atom stereocenters.